The van der Waals surface area contributed by atoms with Crippen molar-refractivity contribution in [1.82, 2.24) is 14.8 Å². The second-order valence-electron chi connectivity index (χ2n) is 3.75. The summed E-state index contributed by atoms with van der Waals surface area (Å²) in [7, 11) is 1.82. The molecule has 0 saturated carbocycles. The summed E-state index contributed by atoms with van der Waals surface area (Å²) in [5, 5.41) is 4.88. The number of thiazole rings is 1. The molecule has 0 atom stereocenters. The van der Waals surface area contributed by atoms with Crippen LogP contribution in [0.1, 0.15) is 25.9 Å². The smallest absolute Gasteiger partial charge is 0.350 e. The van der Waals surface area contributed by atoms with Crippen LogP contribution in [0.25, 0.3) is 0 Å². The molecule has 6 heteroatoms. The summed E-state index contributed by atoms with van der Waals surface area (Å²) < 4.78 is 6.87. The highest BCUT2D eigenvalue weighted by molar-refractivity contribution is 7.13. The van der Waals surface area contributed by atoms with Crippen molar-refractivity contribution in [2.75, 3.05) is 0 Å². The van der Waals surface area contributed by atoms with Gasteiger partial charge in [-0.25, -0.2) is 9.78 Å². The fourth-order valence-corrected chi connectivity index (χ4v) is 2.30. The van der Waals surface area contributed by atoms with Gasteiger partial charge in [0, 0.05) is 18.8 Å². The van der Waals surface area contributed by atoms with Crippen LogP contribution in [0, 0.1) is 13.8 Å². The van der Waals surface area contributed by atoms with Gasteiger partial charge in [0.1, 0.15) is 11.5 Å². The van der Waals surface area contributed by atoms with Gasteiger partial charge >= 0.3 is 5.97 Å². The van der Waals surface area contributed by atoms with E-state index in [9.17, 15) is 4.79 Å². The number of rotatable bonds is 3. The third-order valence-corrected chi connectivity index (χ3v) is 3.27. The SMILES string of the molecule is Cc1nc(C)c(C(=O)OCc2cnn(C)c2)s1. The Labute approximate surface area is 103 Å². The molecule has 2 heterocycles. The minimum atomic E-state index is -0.322. The molecule has 2 rings (SSSR count). The fraction of sp³-hybridized carbons (Fsp3) is 0.364. The van der Waals surface area contributed by atoms with E-state index in [1.54, 1.807) is 10.9 Å². The first kappa shape index (κ1) is 11.8. The highest BCUT2D eigenvalue weighted by atomic mass is 32.1. The first-order valence-corrected chi connectivity index (χ1v) is 5.96. The summed E-state index contributed by atoms with van der Waals surface area (Å²) >= 11 is 1.36. The number of carbonyl (C=O) groups is 1. The van der Waals surface area contributed by atoms with E-state index in [2.05, 4.69) is 10.1 Å². The predicted molar refractivity (Wildman–Crippen MR) is 63.9 cm³/mol. The van der Waals surface area contributed by atoms with Crippen LogP contribution < -0.4 is 0 Å². The molecule has 0 aliphatic rings. The van der Waals surface area contributed by atoms with Crippen LogP contribution in [0.4, 0.5) is 0 Å². The zero-order valence-corrected chi connectivity index (χ0v) is 10.7. The standard InChI is InChI=1S/C11H13N3O2S/c1-7-10(17-8(2)13-7)11(15)16-6-9-4-12-14(3)5-9/h4-5H,6H2,1-3H3. The maximum atomic E-state index is 11.8. The average Bonchev–Trinajstić information content (AvgIpc) is 2.81. The molecule has 0 aliphatic heterocycles. The normalized spacial score (nSPS) is 10.5. The largest absolute Gasteiger partial charge is 0.456 e. The lowest BCUT2D eigenvalue weighted by Crippen LogP contribution is -2.04. The molecule has 0 N–H and O–H groups in total. The summed E-state index contributed by atoms with van der Waals surface area (Å²) in [4.78, 5) is 16.5. The number of aromatic nitrogens is 3. The summed E-state index contributed by atoms with van der Waals surface area (Å²) in [5.41, 5.74) is 1.60. The lowest BCUT2D eigenvalue weighted by molar-refractivity contribution is 0.0477. The van der Waals surface area contributed by atoms with Gasteiger partial charge < -0.3 is 4.74 Å². The second-order valence-corrected chi connectivity index (χ2v) is 4.95. The number of aryl methyl sites for hydroxylation is 3. The van der Waals surface area contributed by atoms with Crippen molar-refractivity contribution in [1.29, 1.82) is 0 Å². The van der Waals surface area contributed by atoms with E-state index in [0.29, 0.717) is 4.88 Å². The number of ether oxygens (including phenoxy) is 1. The third kappa shape index (κ3) is 2.71. The van der Waals surface area contributed by atoms with E-state index in [4.69, 9.17) is 4.74 Å². The highest BCUT2D eigenvalue weighted by Crippen LogP contribution is 2.18. The van der Waals surface area contributed by atoms with Gasteiger partial charge in [-0.05, 0) is 13.8 Å². The molecule has 2 aromatic heterocycles. The Morgan fingerprint density at radius 2 is 2.29 bits per heavy atom. The van der Waals surface area contributed by atoms with Gasteiger partial charge in [-0.15, -0.1) is 11.3 Å². The first-order valence-electron chi connectivity index (χ1n) is 5.15. The van der Waals surface area contributed by atoms with Crippen molar-refractivity contribution in [3.63, 3.8) is 0 Å². The quantitative estimate of drug-likeness (QED) is 0.781. The van der Waals surface area contributed by atoms with E-state index >= 15 is 0 Å². The molecule has 0 bridgehead atoms. The molecule has 0 spiro atoms. The van der Waals surface area contributed by atoms with E-state index in [-0.39, 0.29) is 12.6 Å². The monoisotopic (exact) mass is 251 g/mol. The number of hydrogen-bond donors (Lipinski definition) is 0. The van der Waals surface area contributed by atoms with E-state index < -0.39 is 0 Å². The van der Waals surface area contributed by atoms with Crippen molar-refractivity contribution < 1.29 is 9.53 Å². The third-order valence-electron chi connectivity index (χ3n) is 2.22. The average molecular weight is 251 g/mol. The molecule has 0 aliphatic carbocycles. The van der Waals surface area contributed by atoms with Crippen molar-refractivity contribution in [2.45, 2.75) is 20.5 Å². The maximum Gasteiger partial charge on any atom is 0.350 e. The second kappa shape index (κ2) is 4.67. The van der Waals surface area contributed by atoms with Crippen LogP contribution >= 0.6 is 11.3 Å². The molecule has 2 aromatic rings. The number of nitrogens with zero attached hydrogens (tertiary/aromatic N) is 3. The van der Waals surface area contributed by atoms with Crippen LogP contribution in [0.15, 0.2) is 12.4 Å². The fourth-order valence-electron chi connectivity index (χ4n) is 1.48. The molecule has 0 fully saturated rings. The summed E-state index contributed by atoms with van der Waals surface area (Å²) in [6, 6.07) is 0. The van der Waals surface area contributed by atoms with Crippen LogP contribution in [-0.4, -0.2) is 20.7 Å². The molecule has 0 aromatic carbocycles. The summed E-state index contributed by atoms with van der Waals surface area (Å²) in [6.45, 7) is 3.92. The van der Waals surface area contributed by atoms with Gasteiger partial charge in [0.2, 0.25) is 0 Å². The van der Waals surface area contributed by atoms with Crippen LogP contribution in [-0.2, 0) is 18.4 Å². The van der Waals surface area contributed by atoms with E-state index in [1.165, 1.54) is 11.3 Å². The molecule has 5 nitrogen and oxygen atoms in total. The Bertz CT molecular complexity index is 545. The number of hydrogen-bond acceptors (Lipinski definition) is 5. The zero-order valence-electron chi connectivity index (χ0n) is 9.93. The van der Waals surface area contributed by atoms with Gasteiger partial charge in [-0.1, -0.05) is 0 Å². The molecule has 0 amide bonds. The van der Waals surface area contributed by atoms with Gasteiger partial charge in [0.05, 0.1) is 16.9 Å². The summed E-state index contributed by atoms with van der Waals surface area (Å²) in [6.07, 6.45) is 3.50. The number of esters is 1. The molecule has 0 unspecified atom stereocenters. The van der Waals surface area contributed by atoms with Crippen LogP contribution in [0.3, 0.4) is 0 Å². The highest BCUT2D eigenvalue weighted by Gasteiger charge is 2.15. The van der Waals surface area contributed by atoms with Crippen molar-refractivity contribution >= 4 is 17.3 Å². The van der Waals surface area contributed by atoms with Crippen molar-refractivity contribution in [3.8, 4) is 0 Å². The Kier molecular flexibility index (Phi) is 3.23. The molecule has 90 valence electrons. The molecular weight excluding hydrogens is 238 g/mol. The van der Waals surface area contributed by atoms with Crippen LogP contribution in [0.2, 0.25) is 0 Å². The minimum Gasteiger partial charge on any atom is -0.456 e. The summed E-state index contributed by atoms with van der Waals surface area (Å²) in [5.74, 6) is -0.322. The molecule has 0 radical (unpaired) electrons. The lowest BCUT2D eigenvalue weighted by atomic mass is 10.4. The molecule has 0 saturated heterocycles. The van der Waals surface area contributed by atoms with Gasteiger partial charge in [0.15, 0.2) is 0 Å². The predicted octanol–water partition coefficient (Wildman–Crippen LogP) is 1.85. The Balaban J connectivity index is 2.00. The Hall–Kier alpha value is -1.69. The van der Waals surface area contributed by atoms with E-state index in [1.807, 2.05) is 27.1 Å². The van der Waals surface area contributed by atoms with Crippen molar-refractivity contribution in [2.24, 2.45) is 7.05 Å². The Morgan fingerprint density at radius 3 is 2.82 bits per heavy atom. The van der Waals surface area contributed by atoms with Gasteiger partial charge in [-0.2, -0.15) is 5.10 Å². The lowest BCUT2D eigenvalue weighted by Gasteiger charge is -2.00. The van der Waals surface area contributed by atoms with Gasteiger partial charge in [0.25, 0.3) is 0 Å². The molecule has 17 heavy (non-hydrogen) atoms. The minimum absolute atomic E-state index is 0.239. The van der Waals surface area contributed by atoms with E-state index in [0.717, 1.165) is 16.3 Å². The van der Waals surface area contributed by atoms with Crippen LogP contribution in [0.5, 0.6) is 0 Å². The van der Waals surface area contributed by atoms with Crippen molar-refractivity contribution in [3.05, 3.63) is 33.5 Å². The first-order chi connectivity index (χ1) is 8.06. The number of carbonyl (C=O) groups excluding carboxylic acids is 1. The Morgan fingerprint density at radius 1 is 1.53 bits per heavy atom. The van der Waals surface area contributed by atoms with Gasteiger partial charge in [-0.3, -0.25) is 4.68 Å². The topological polar surface area (TPSA) is 57.0 Å². The molecular formula is C11H13N3O2S. The zero-order chi connectivity index (χ0) is 12.4. The maximum absolute atomic E-state index is 11.8.